The van der Waals surface area contributed by atoms with Gasteiger partial charge < -0.3 is 4.90 Å². The summed E-state index contributed by atoms with van der Waals surface area (Å²) in [4.78, 5) is 1.91. The third kappa shape index (κ3) is 4.82. The average molecular weight is 534 g/mol. The van der Waals surface area contributed by atoms with Gasteiger partial charge in [-0.15, -0.1) is 0 Å². The minimum absolute atomic E-state index is 0.282. The van der Waals surface area contributed by atoms with Gasteiger partial charge in [0.1, 0.15) is 5.82 Å². The number of hydrogen-bond donors (Lipinski definition) is 0. The molecule has 0 heterocycles. The van der Waals surface area contributed by atoms with E-state index in [1.165, 1.54) is 18.2 Å². The predicted molar refractivity (Wildman–Crippen MR) is 154 cm³/mol. The lowest BCUT2D eigenvalue weighted by molar-refractivity contribution is -0.137. The zero-order valence-corrected chi connectivity index (χ0v) is 21.2. The average Bonchev–Trinajstić information content (AvgIpc) is 2.98. The van der Waals surface area contributed by atoms with Gasteiger partial charge in [-0.2, -0.15) is 13.2 Å². The lowest BCUT2D eigenvalue weighted by atomic mass is 9.91. The van der Waals surface area contributed by atoms with Crippen molar-refractivity contribution in [1.82, 2.24) is 0 Å². The van der Waals surface area contributed by atoms with E-state index in [9.17, 15) is 17.6 Å². The highest BCUT2D eigenvalue weighted by molar-refractivity contribution is 6.06. The van der Waals surface area contributed by atoms with Crippen molar-refractivity contribution in [3.63, 3.8) is 0 Å². The Kier molecular flexibility index (Phi) is 6.56. The molecule has 0 aliphatic rings. The lowest BCUT2D eigenvalue weighted by Crippen LogP contribution is -2.11. The second kappa shape index (κ2) is 10.3. The Bertz CT molecular complexity index is 1770. The maximum absolute atomic E-state index is 14.8. The second-order valence-corrected chi connectivity index (χ2v) is 9.45. The van der Waals surface area contributed by atoms with Crippen LogP contribution in [0.25, 0.3) is 33.0 Å². The molecule has 0 amide bonds. The van der Waals surface area contributed by atoms with E-state index < -0.39 is 11.7 Å². The van der Waals surface area contributed by atoms with Gasteiger partial charge in [-0.05, 0) is 82.1 Å². The summed E-state index contributed by atoms with van der Waals surface area (Å²) in [6, 6.07) is 41.2. The standard InChI is InChI=1S/C35H23F4N/c36-33-15-5-4-12-31(33)32-14-7-9-25-8-6-13-30(34(25)32)24-16-20-28(21-17-24)40(27-10-2-1-3-11-27)29-22-18-26(19-23-29)35(37,38)39/h1-23H. The van der Waals surface area contributed by atoms with Crippen molar-refractivity contribution in [2.24, 2.45) is 0 Å². The molecule has 0 unspecified atom stereocenters. The Morgan fingerprint density at radius 1 is 0.450 bits per heavy atom. The van der Waals surface area contributed by atoms with Crippen LogP contribution in [-0.2, 0) is 6.18 Å². The summed E-state index contributed by atoms with van der Waals surface area (Å²) in [6.45, 7) is 0. The highest BCUT2D eigenvalue weighted by atomic mass is 19.4. The van der Waals surface area contributed by atoms with E-state index in [-0.39, 0.29) is 5.82 Å². The van der Waals surface area contributed by atoms with Crippen molar-refractivity contribution in [2.75, 3.05) is 4.90 Å². The Morgan fingerprint density at radius 3 is 1.60 bits per heavy atom. The van der Waals surface area contributed by atoms with Crippen LogP contribution in [0.2, 0.25) is 0 Å². The fraction of sp³-hybridized carbons (Fsp3) is 0.0286. The smallest absolute Gasteiger partial charge is 0.311 e. The second-order valence-electron chi connectivity index (χ2n) is 9.45. The maximum atomic E-state index is 14.8. The topological polar surface area (TPSA) is 3.24 Å². The van der Waals surface area contributed by atoms with Crippen molar-refractivity contribution < 1.29 is 17.6 Å². The van der Waals surface area contributed by atoms with E-state index in [1.807, 2.05) is 102 Å². The molecular weight excluding hydrogens is 510 g/mol. The Morgan fingerprint density at radius 2 is 0.975 bits per heavy atom. The molecule has 0 saturated heterocycles. The molecule has 0 aromatic heterocycles. The number of alkyl halides is 3. The normalized spacial score (nSPS) is 11.5. The molecule has 0 bridgehead atoms. The van der Waals surface area contributed by atoms with Crippen LogP contribution in [0.3, 0.4) is 0 Å². The minimum atomic E-state index is -4.41. The van der Waals surface area contributed by atoms with Crippen molar-refractivity contribution in [3.05, 3.63) is 151 Å². The van der Waals surface area contributed by atoms with Crippen molar-refractivity contribution in [2.45, 2.75) is 6.18 Å². The van der Waals surface area contributed by atoms with Gasteiger partial charge in [0.15, 0.2) is 0 Å². The summed E-state index contributed by atoms with van der Waals surface area (Å²) in [5, 5.41) is 1.95. The van der Waals surface area contributed by atoms with E-state index in [1.54, 1.807) is 12.1 Å². The van der Waals surface area contributed by atoms with Gasteiger partial charge in [0, 0.05) is 22.6 Å². The van der Waals surface area contributed by atoms with E-state index in [4.69, 9.17) is 0 Å². The molecule has 0 fully saturated rings. The quantitative estimate of drug-likeness (QED) is 0.199. The number of hydrogen-bond acceptors (Lipinski definition) is 1. The van der Waals surface area contributed by atoms with Crippen LogP contribution in [-0.4, -0.2) is 0 Å². The molecule has 0 aliphatic heterocycles. The Hall–Kier alpha value is -4.90. The maximum Gasteiger partial charge on any atom is 0.416 e. The van der Waals surface area contributed by atoms with Crippen LogP contribution in [0, 0.1) is 5.82 Å². The van der Waals surface area contributed by atoms with Crippen LogP contribution in [0.4, 0.5) is 34.6 Å². The molecule has 196 valence electrons. The van der Waals surface area contributed by atoms with Crippen LogP contribution < -0.4 is 4.90 Å². The fourth-order valence-electron chi connectivity index (χ4n) is 5.10. The van der Waals surface area contributed by atoms with Crippen LogP contribution in [0.1, 0.15) is 5.56 Å². The largest absolute Gasteiger partial charge is 0.416 e. The van der Waals surface area contributed by atoms with Gasteiger partial charge in [-0.25, -0.2) is 4.39 Å². The molecule has 0 radical (unpaired) electrons. The number of fused-ring (bicyclic) bond motifs is 1. The van der Waals surface area contributed by atoms with Gasteiger partial charge in [0.05, 0.1) is 5.56 Å². The molecule has 0 atom stereocenters. The van der Waals surface area contributed by atoms with Crippen LogP contribution in [0.15, 0.2) is 140 Å². The van der Waals surface area contributed by atoms with Crippen molar-refractivity contribution >= 4 is 27.8 Å². The summed E-state index contributed by atoms with van der Waals surface area (Å²) in [6.07, 6.45) is -4.41. The first-order valence-corrected chi connectivity index (χ1v) is 12.8. The third-order valence-electron chi connectivity index (χ3n) is 6.97. The SMILES string of the molecule is Fc1ccccc1-c1cccc2cccc(-c3ccc(N(c4ccccc4)c4ccc(C(F)(F)F)cc4)cc3)c12. The first-order valence-electron chi connectivity index (χ1n) is 12.8. The Labute approximate surface area is 229 Å². The van der Waals surface area contributed by atoms with E-state index in [2.05, 4.69) is 0 Å². The number of halogens is 4. The third-order valence-corrected chi connectivity index (χ3v) is 6.97. The van der Waals surface area contributed by atoms with E-state index in [0.29, 0.717) is 11.3 Å². The van der Waals surface area contributed by atoms with Gasteiger partial charge in [-0.1, -0.05) is 84.9 Å². The van der Waals surface area contributed by atoms with Gasteiger partial charge >= 0.3 is 6.18 Å². The van der Waals surface area contributed by atoms with Crippen molar-refractivity contribution in [3.8, 4) is 22.3 Å². The number of rotatable bonds is 5. The number of benzene rings is 6. The molecule has 0 saturated carbocycles. The molecule has 6 aromatic rings. The zero-order valence-electron chi connectivity index (χ0n) is 21.2. The summed E-state index contributed by atoms with van der Waals surface area (Å²) in [5.41, 5.74) is 4.79. The summed E-state index contributed by atoms with van der Waals surface area (Å²) in [5.74, 6) is -0.282. The first-order chi connectivity index (χ1) is 19.4. The molecule has 6 rings (SSSR count). The van der Waals surface area contributed by atoms with Crippen LogP contribution in [0.5, 0.6) is 0 Å². The van der Waals surface area contributed by atoms with Gasteiger partial charge in [-0.3, -0.25) is 0 Å². The molecular formula is C35H23F4N. The monoisotopic (exact) mass is 533 g/mol. The Balaban J connectivity index is 1.45. The molecule has 0 spiro atoms. The molecule has 0 aliphatic carbocycles. The van der Waals surface area contributed by atoms with E-state index >= 15 is 0 Å². The van der Waals surface area contributed by atoms with Gasteiger partial charge in [0.2, 0.25) is 0 Å². The molecule has 6 aromatic carbocycles. The zero-order chi connectivity index (χ0) is 27.7. The molecule has 0 N–H and O–H groups in total. The first kappa shape index (κ1) is 25.4. The molecule has 1 nitrogen and oxygen atoms in total. The fourth-order valence-corrected chi connectivity index (χ4v) is 5.10. The summed E-state index contributed by atoms with van der Waals surface area (Å²) < 4.78 is 54.4. The summed E-state index contributed by atoms with van der Waals surface area (Å²) in [7, 11) is 0. The van der Waals surface area contributed by atoms with Crippen LogP contribution >= 0.6 is 0 Å². The van der Waals surface area contributed by atoms with E-state index in [0.717, 1.165) is 51.0 Å². The number of para-hydroxylation sites is 1. The molecule has 40 heavy (non-hydrogen) atoms. The lowest BCUT2D eigenvalue weighted by Gasteiger charge is -2.26. The highest BCUT2D eigenvalue weighted by Gasteiger charge is 2.30. The predicted octanol–water partition coefficient (Wildman–Crippen LogP) is 10.8. The number of anilines is 3. The summed E-state index contributed by atoms with van der Waals surface area (Å²) >= 11 is 0. The minimum Gasteiger partial charge on any atom is -0.311 e. The van der Waals surface area contributed by atoms with Crippen molar-refractivity contribution in [1.29, 1.82) is 0 Å². The number of nitrogens with zero attached hydrogens (tertiary/aromatic N) is 1. The van der Waals surface area contributed by atoms with Gasteiger partial charge in [0.25, 0.3) is 0 Å². The highest BCUT2D eigenvalue weighted by Crippen LogP contribution is 2.40. The molecule has 5 heteroatoms.